The van der Waals surface area contributed by atoms with Gasteiger partial charge in [-0.05, 0) is 11.1 Å². The van der Waals surface area contributed by atoms with Crippen molar-refractivity contribution in [1.29, 1.82) is 0 Å². The first-order valence-electron chi connectivity index (χ1n) is 8.17. The van der Waals surface area contributed by atoms with Gasteiger partial charge in [0.1, 0.15) is 18.2 Å². The van der Waals surface area contributed by atoms with Gasteiger partial charge in [-0.25, -0.2) is 0 Å². The largest absolute Gasteiger partial charge is 1.00 e. The summed E-state index contributed by atoms with van der Waals surface area (Å²) in [6.07, 6.45) is 0.0733. The van der Waals surface area contributed by atoms with E-state index >= 15 is 0 Å². The summed E-state index contributed by atoms with van der Waals surface area (Å²) in [6, 6.07) is 20.8. The van der Waals surface area contributed by atoms with Crippen LogP contribution in [0.25, 0.3) is 0 Å². The van der Waals surface area contributed by atoms with Crippen LogP contribution >= 0.6 is 0 Å². The number of hydrogen-bond acceptors (Lipinski definition) is 2. The molecule has 0 amide bonds. The molecule has 0 spiro atoms. The zero-order valence-electron chi connectivity index (χ0n) is 14.6. The highest BCUT2D eigenvalue weighted by atomic mass is 127. The summed E-state index contributed by atoms with van der Waals surface area (Å²) in [5.41, 5.74) is 1.77. The van der Waals surface area contributed by atoms with Crippen LogP contribution in [0.1, 0.15) is 11.1 Å². The van der Waals surface area contributed by atoms with E-state index in [-0.39, 0.29) is 30.1 Å². The molecule has 0 radical (unpaired) electrons. The maximum Gasteiger partial charge on any atom is 0.142 e. The van der Waals surface area contributed by atoms with Gasteiger partial charge in [0.15, 0.2) is 0 Å². The Hall–Kier alpha value is -0.950. The second kappa shape index (κ2) is 7.95. The maximum absolute atomic E-state index is 6.68. The maximum atomic E-state index is 6.68. The Morgan fingerprint density at radius 3 is 1.88 bits per heavy atom. The predicted octanol–water partition coefficient (Wildman–Crippen LogP) is 0.0558. The lowest BCUT2D eigenvalue weighted by atomic mass is 9.86. The van der Waals surface area contributed by atoms with E-state index in [0.717, 1.165) is 22.2 Å². The van der Waals surface area contributed by atoms with Crippen LogP contribution in [0, 0.1) is 0 Å². The van der Waals surface area contributed by atoms with E-state index in [4.69, 9.17) is 9.47 Å². The fourth-order valence-electron chi connectivity index (χ4n) is 3.27. The lowest BCUT2D eigenvalue weighted by molar-refractivity contribution is -0.874. The van der Waals surface area contributed by atoms with Gasteiger partial charge in [0.05, 0.1) is 34.4 Å². The van der Waals surface area contributed by atoms with E-state index in [1.165, 1.54) is 0 Å². The van der Waals surface area contributed by atoms with Crippen LogP contribution in [0.4, 0.5) is 0 Å². The molecule has 2 aromatic rings. The Morgan fingerprint density at radius 2 is 1.42 bits per heavy atom. The number of ether oxygens (including phenoxy) is 2. The van der Waals surface area contributed by atoms with Crippen LogP contribution < -0.4 is 24.0 Å². The standard InChI is InChI=1S/C20H26NO2.HI/c1-21(2,3)14-19-15-22-16-20(23-19,17-10-6-4-7-11-17)18-12-8-5-9-13-18;/h4-13,19H,14-16H2,1-3H3;1H/q+1;/p-1/t19-;/m1./s1. The molecule has 0 bridgehead atoms. The van der Waals surface area contributed by atoms with Gasteiger partial charge in [-0.1, -0.05) is 60.7 Å². The molecule has 4 heteroatoms. The van der Waals surface area contributed by atoms with Gasteiger partial charge in [0.2, 0.25) is 0 Å². The van der Waals surface area contributed by atoms with Crippen molar-refractivity contribution in [2.45, 2.75) is 11.7 Å². The molecular weight excluding hydrogens is 413 g/mol. The first-order chi connectivity index (χ1) is 11.0. The van der Waals surface area contributed by atoms with Crippen molar-refractivity contribution in [1.82, 2.24) is 0 Å². The number of benzene rings is 2. The van der Waals surface area contributed by atoms with Crippen LogP contribution in [0.3, 0.4) is 0 Å². The lowest BCUT2D eigenvalue weighted by Gasteiger charge is -2.43. The molecule has 3 rings (SSSR count). The summed E-state index contributed by atoms with van der Waals surface area (Å²) < 4.78 is 13.6. The fourth-order valence-corrected chi connectivity index (χ4v) is 3.27. The van der Waals surface area contributed by atoms with Gasteiger partial charge in [-0.3, -0.25) is 0 Å². The normalized spacial score (nSPS) is 20.2. The lowest BCUT2D eigenvalue weighted by Crippen LogP contribution is -3.00. The Morgan fingerprint density at radius 1 is 0.917 bits per heavy atom. The van der Waals surface area contributed by atoms with Crippen LogP contribution in [0.5, 0.6) is 0 Å². The summed E-state index contributed by atoms with van der Waals surface area (Å²) in [5.74, 6) is 0. The molecule has 1 aliphatic rings. The minimum Gasteiger partial charge on any atom is -1.00 e. The van der Waals surface area contributed by atoms with Gasteiger partial charge < -0.3 is 37.9 Å². The molecule has 24 heavy (non-hydrogen) atoms. The molecule has 0 aliphatic carbocycles. The monoisotopic (exact) mass is 439 g/mol. The molecule has 1 atom stereocenters. The third-order valence-corrected chi connectivity index (χ3v) is 4.21. The number of halogens is 1. The van der Waals surface area contributed by atoms with Crippen LogP contribution in [0.15, 0.2) is 60.7 Å². The Balaban J connectivity index is 0.00000208. The molecule has 2 aromatic carbocycles. The number of quaternary nitrogens is 1. The second-order valence-corrected chi connectivity index (χ2v) is 7.29. The molecule has 0 aromatic heterocycles. The third-order valence-electron chi connectivity index (χ3n) is 4.21. The second-order valence-electron chi connectivity index (χ2n) is 7.29. The van der Waals surface area contributed by atoms with E-state index < -0.39 is 5.60 Å². The third kappa shape index (κ3) is 4.36. The van der Waals surface area contributed by atoms with Gasteiger partial charge in [-0.2, -0.15) is 0 Å². The highest BCUT2D eigenvalue weighted by molar-refractivity contribution is 5.37. The molecule has 1 fully saturated rings. The van der Waals surface area contributed by atoms with Gasteiger partial charge >= 0.3 is 0 Å². The summed E-state index contributed by atoms with van der Waals surface area (Å²) in [5, 5.41) is 0. The number of nitrogens with zero attached hydrogens (tertiary/aromatic N) is 1. The van der Waals surface area contributed by atoms with Crippen molar-refractivity contribution in [2.24, 2.45) is 0 Å². The SMILES string of the molecule is C[N+](C)(C)C[C@@H]1COCC(c2ccccc2)(c2ccccc2)O1.[I-]. The Kier molecular flexibility index (Phi) is 6.42. The van der Waals surface area contributed by atoms with E-state index in [2.05, 4.69) is 69.7 Å². The van der Waals surface area contributed by atoms with Crippen molar-refractivity contribution < 1.29 is 37.9 Å². The van der Waals surface area contributed by atoms with E-state index in [1.807, 2.05) is 12.1 Å². The predicted molar refractivity (Wildman–Crippen MR) is 92.3 cm³/mol. The van der Waals surface area contributed by atoms with Crippen molar-refractivity contribution in [3.8, 4) is 0 Å². The van der Waals surface area contributed by atoms with Crippen LogP contribution in [0.2, 0.25) is 0 Å². The Labute approximate surface area is 162 Å². The molecule has 0 saturated carbocycles. The Bertz CT molecular complexity index is 586. The van der Waals surface area contributed by atoms with Crippen molar-refractivity contribution in [3.63, 3.8) is 0 Å². The molecule has 1 heterocycles. The molecule has 0 N–H and O–H groups in total. The van der Waals surface area contributed by atoms with E-state index in [9.17, 15) is 0 Å². The number of hydrogen-bond donors (Lipinski definition) is 0. The highest BCUT2D eigenvalue weighted by Crippen LogP contribution is 2.38. The number of likely N-dealkylation sites (N-methyl/N-ethyl adjacent to an activating group) is 1. The zero-order valence-corrected chi connectivity index (χ0v) is 16.8. The first-order valence-corrected chi connectivity index (χ1v) is 8.17. The molecule has 3 nitrogen and oxygen atoms in total. The summed E-state index contributed by atoms with van der Waals surface area (Å²) in [7, 11) is 6.56. The van der Waals surface area contributed by atoms with Gasteiger partial charge in [-0.15, -0.1) is 0 Å². The molecule has 0 unspecified atom stereocenters. The summed E-state index contributed by atoms with van der Waals surface area (Å²) >= 11 is 0. The van der Waals surface area contributed by atoms with Gasteiger partial charge in [0.25, 0.3) is 0 Å². The first kappa shape index (κ1) is 19.4. The van der Waals surface area contributed by atoms with Crippen LogP contribution in [-0.4, -0.2) is 51.5 Å². The smallest absolute Gasteiger partial charge is 0.142 e. The van der Waals surface area contributed by atoms with Gasteiger partial charge in [0, 0.05) is 0 Å². The number of rotatable bonds is 4. The van der Waals surface area contributed by atoms with Crippen molar-refractivity contribution >= 4 is 0 Å². The van der Waals surface area contributed by atoms with Crippen LogP contribution in [-0.2, 0) is 15.1 Å². The van der Waals surface area contributed by atoms with Crippen molar-refractivity contribution in [2.75, 3.05) is 40.9 Å². The van der Waals surface area contributed by atoms with Crippen molar-refractivity contribution in [3.05, 3.63) is 71.8 Å². The molecule has 130 valence electrons. The quantitative estimate of drug-likeness (QED) is 0.496. The van der Waals surface area contributed by atoms with E-state index in [0.29, 0.717) is 13.2 Å². The molecule has 1 aliphatic heterocycles. The summed E-state index contributed by atoms with van der Waals surface area (Å²) in [6.45, 7) is 2.12. The molecular formula is C20H26INO2. The summed E-state index contributed by atoms with van der Waals surface area (Å²) in [4.78, 5) is 0. The zero-order chi connectivity index (χ0) is 16.3. The average Bonchev–Trinajstić information content (AvgIpc) is 2.55. The minimum atomic E-state index is -0.527. The fraction of sp³-hybridized carbons (Fsp3) is 0.400. The average molecular weight is 439 g/mol. The topological polar surface area (TPSA) is 18.5 Å². The molecule has 1 saturated heterocycles. The highest BCUT2D eigenvalue weighted by Gasteiger charge is 2.42. The minimum absolute atomic E-state index is 0. The van der Waals surface area contributed by atoms with E-state index in [1.54, 1.807) is 0 Å².